The van der Waals surface area contributed by atoms with Crippen molar-refractivity contribution in [1.82, 2.24) is 0 Å². The van der Waals surface area contributed by atoms with Crippen molar-refractivity contribution in [2.24, 2.45) is 0 Å². The fourth-order valence-electron chi connectivity index (χ4n) is 3.19. The summed E-state index contributed by atoms with van der Waals surface area (Å²) in [7, 11) is 0. The molecule has 0 heterocycles. The second kappa shape index (κ2) is 7.97. The lowest BCUT2D eigenvalue weighted by molar-refractivity contribution is -0.122. The molecule has 4 aromatic carbocycles. The Morgan fingerprint density at radius 3 is 2.29 bits per heavy atom. The van der Waals surface area contributed by atoms with Gasteiger partial charge in [0, 0.05) is 11.3 Å². The maximum Gasteiger partial charge on any atom is 0.265 e. The molecule has 3 nitrogen and oxygen atoms in total. The summed E-state index contributed by atoms with van der Waals surface area (Å²) in [6, 6.07) is 31.7. The number of benzene rings is 4. The first-order valence-electron chi connectivity index (χ1n) is 9.31. The van der Waals surface area contributed by atoms with Crippen LogP contribution in [0.2, 0.25) is 0 Å². The Labute approximate surface area is 164 Å². The maximum atomic E-state index is 12.7. The molecule has 138 valence electrons. The number of fused-ring (bicyclic) bond motifs is 1. The van der Waals surface area contributed by atoms with Crippen LogP contribution in [0.15, 0.2) is 97.1 Å². The molecule has 0 fully saturated rings. The minimum Gasteiger partial charge on any atom is -0.481 e. The van der Waals surface area contributed by atoms with Gasteiger partial charge in [0.1, 0.15) is 5.75 Å². The summed E-state index contributed by atoms with van der Waals surface area (Å²) >= 11 is 0. The number of carbonyl (C=O) groups excluding carboxylic acids is 1. The van der Waals surface area contributed by atoms with Gasteiger partial charge in [-0.25, -0.2) is 0 Å². The number of anilines is 1. The smallest absolute Gasteiger partial charge is 0.265 e. The highest BCUT2D eigenvalue weighted by molar-refractivity contribution is 5.98. The molecule has 0 saturated carbocycles. The topological polar surface area (TPSA) is 38.3 Å². The summed E-state index contributed by atoms with van der Waals surface area (Å²) in [5.41, 5.74) is 2.81. The van der Waals surface area contributed by atoms with Gasteiger partial charge in [-0.05, 0) is 41.5 Å². The number of carbonyl (C=O) groups is 1. The van der Waals surface area contributed by atoms with Gasteiger partial charge >= 0.3 is 0 Å². The van der Waals surface area contributed by atoms with Crippen LogP contribution in [0, 0.1) is 0 Å². The average molecular weight is 367 g/mol. The standard InChI is InChI=1S/C25H21NO2/c1-18(28-22-16-15-19-9-5-6-12-21(19)17-22)25(27)26-24-14-8-7-13-23(24)20-10-3-2-4-11-20/h2-18H,1H3,(H,26,27)/t18-/m1/s1. The second-order valence-corrected chi connectivity index (χ2v) is 6.67. The van der Waals surface area contributed by atoms with Crippen molar-refractivity contribution in [3.8, 4) is 16.9 Å². The van der Waals surface area contributed by atoms with Crippen LogP contribution >= 0.6 is 0 Å². The number of hydrogen-bond donors (Lipinski definition) is 1. The Kier molecular flexibility index (Phi) is 5.07. The van der Waals surface area contributed by atoms with E-state index in [1.54, 1.807) is 6.92 Å². The fraction of sp³-hybridized carbons (Fsp3) is 0.0800. The summed E-state index contributed by atoms with van der Waals surface area (Å²) in [5.74, 6) is 0.495. The van der Waals surface area contributed by atoms with Gasteiger partial charge in [0.15, 0.2) is 6.10 Å². The van der Waals surface area contributed by atoms with Gasteiger partial charge in [0.25, 0.3) is 5.91 Å². The van der Waals surface area contributed by atoms with E-state index in [1.807, 2.05) is 91.0 Å². The quantitative estimate of drug-likeness (QED) is 0.476. The third-order valence-electron chi connectivity index (χ3n) is 4.67. The summed E-state index contributed by atoms with van der Waals surface area (Å²) in [4.78, 5) is 12.7. The van der Waals surface area contributed by atoms with Crippen LogP contribution in [-0.4, -0.2) is 12.0 Å². The molecule has 1 N–H and O–H groups in total. The van der Waals surface area contributed by atoms with E-state index in [0.717, 1.165) is 27.6 Å². The minimum absolute atomic E-state index is 0.184. The van der Waals surface area contributed by atoms with Crippen LogP contribution in [0.1, 0.15) is 6.92 Å². The zero-order valence-corrected chi connectivity index (χ0v) is 15.6. The summed E-state index contributed by atoms with van der Waals surface area (Å²) < 4.78 is 5.89. The number of para-hydroxylation sites is 1. The highest BCUT2D eigenvalue weighted by atomic mass is 16.5. The Morgan fingerprint density at radius 2 is 1.46 bits per heavy atom. The van der Waals surface area contributed by atoms with Gasteiger partial charge < -0.3 is 10.1 Å². The minimum atomic E-state index is -0.620. The molecule has 3 heteroatoms. The van der Waals surface area contributed by atoms with Gasteiger partial charge in [0.05, 0.1) is 0 Å². The number of hydrogen-bond acceptors (Lipinski definition) is 2. The Bertz CT molecular complexity index is 1110. The van der Waals surface area contributed by atoms with Gasteiger partial charge in [0.2, 0.25) is 0 Å². The molecule has 4 rings (SSSR count). The van der Waals surface area contributed by atoms with Crippen molar-refractivity contribution in [1.29, 1.82) is 0 Å². The van der Waals surface area contributed by atoms with Crippen LogP contribution in [0.5, 0.6) is 5.75 Å². The monoisotopic (exact) mass is 367 g/mol. The van der Waals surface area contributed by atoms with E-state index in [9.17, 15) is 4.79 Å². The molecule has 0 saturated heterocycles. The average Bonchev–Trinajstić information content (AvgIpc) is 2.74. The fourth-order valence-corrected chi connectivity index (χ4v) is 3.19. The molecule has 0 unspecified atom stereocenters. The van der Waals surface area contributed by atoms with Gasteiger partial charge in [-0.15, -0.1) is 0 Å². The molecular weight excluding hydrogens is 346 g/mol. The second-order valence-electron chi connectivity index (χ2n) is 6.67. The zero-order chi connectivity index (χ0) is 19.3. The molecule has 1 atom stereocenters. The highest BCUT2D eigenvalue weighted by Crippen LogP contribution is 2.28. The van der Waals surface area contributed by atoms with Crippen molar-refractivity contribution >= 4 is 22.4 Å². The molecule has 0 aliphatic carbocycles. The first kappa shape index (κ1) is 17.8. The molecule has 4 aromatic rings. The SMILES string of the molecule is C[C@@H](Oc1ccc2ccccc2c1)C(=O)Nc1ccccc1-c1ccccc1. The molecule has 0 aromatic heterocycles. The number of nitrogens with one attached hydrogen (secondary N) is 1. The van der Waals surface area contributed by atoms with Crippen LogP contribution in [0.4, 0.5) is 5.69 Å². The van der Waals surface area contributed by atoms with Crippen molar-refractivity contribution in [2.75, 3.05) is 5.32 Å². The Morgan fingerprint density at radius 1 is 0.786 bits per heavy atom. The molecule has 0 aliphatic rings. The lowest BCUT2D eigenvalue weighted by Gasteiger charge is -2.17. The number of rotatable bonds is 5. The van der Waals surface area contributed by atoms with E-state index in [1.165, 1.54) is 0 Å². The Balaban J connectivity index is 1.50. The van der Waals surface area contributed by atoms with E-state index >= 15 is 0 Å². The van der Waals surface area contributed by atoms with Crippen molar-refractivity contribution in [3.63, 3.8) is 0 Å². The lowest BCUT2D eigenvalue weighted by Crippen LogP contribution is -2.30. The lowest BCUT2D eigenvalue weighted by atomic mass is 10.0. The van der Waals surface area contributed by atoms with Crippen molar-refractivity contribution in [3.05, 3.63) is 97.1 Å². The number of ether oxygens (including phenoxy) is 1. The predicted molar refractivity (Wildman–Crippen MR) is 115 cm³/mol. The van der Waals surface area contributed by atoms with E-state index < -0.39 is 6.10 Å². The first-order chi connectivity index (χ1) is 13.7. The molecule has 28 heavy (non-hydrogen) atoms. The summed E-state index contributed by atoms with van der Waals surface area (Å²) in [6.07, 6.45) is -0.620. The third kappa shape index (κ3) is 3.89. The molecular formula is C25H21NO2. The molecule has 0 aliphatic heterocycles. The third-order valence-corrected chi connectivity index (χ3v) is 4.67. The van der Waals surface area contributed by atoms with Crippen LogP contribution in [-0.2, 0) is 4.79 Å². The van der Waals surface area contributed by atoms with Crippen molar-refractivity contribution in [2.45, 2.75) is 13.0 Å². The summed E-state index contributed by atoms with van der Waals surface area (Å²) in [6.45, 7) is 1.76. The van der Waals surface area contributed by atoms with E-state index in [2.05, 4.69) is 11.4 Å². The van der Waals surface area contributed by atoms with Crippen LogP contribution in [0.25, 0.3) is 21.9 Å². The van der Waals surface area contributed by atoms with E-state index in [4.69, 9.17) is 4.74 Å². The molecule has 0 spiro atoms. The largest absolute Gasteiger partial charge is 0.481 e. The number of amides is 1. The zero-order valence-electron chi connectivity index (χ0n) is 15.6. The normalized spacial score (nSPS) is 11.8. The van der Waals surface area contributed by atoms with Crippen LogP contribution < -0.4 is 10.1 Å². The highest BCUT2D eigenvalue weighted by Gasteiger charge is 2.17. The maximum absolute atomic E-state index is 12.7. The van der Waals surface area contributed by atoms with E-state index in [0.29, 0.717) is 5.75 Å². The predicted octanol–water partition coefficient (Wildman–Crippen LogP) is 5.91. The molecule has 0 bridgehead atoms. The van der Waals surface area contributed by atoms with Crippen LogP contribution in [0.3, 0.4) is 0 Å². The van der Waals surface area contributed by atoms with Gasteiger partial charge in [-0.3, -0.25) is 4.79 Å². The molecule has 1 amide bonds. The van der Waals surface area contributed by atoms with Crippen molar-refractivity contribution < 1.29 is 9.53 Å². The molecule has 0 radical (unpaired) electrons. The van der Waals surface area contributed by atoms with Gasteiger partial charge in [-0.2, -0.15) is 0 Å². The first-order valence-corrected chi connectivity index (χ1v) is 9.31. The van der Waals surface area contributed by atoms with Gasteiger partial charge in [-0.1, -0.05) is 78.9 Å². The summed E-state index contributed by atoms with van der Waals surface area (Å²) in [5, 5.41) is 5.23. The van der Waals surface area contributed by atoms with E-state index in [-0.39, 0.29) is 5.91 Å². The Hall–Kier alpha value is -3.59.